The zero-order chi connectivity index (χ0) is 17.0. The first-order valence-electron chi connectivity index (χ1n) is 7.18. The van der Waals surface area contributed by atoms with E-state index in [-0.39, 0.29) is 13.2 Å². The van der Waals surface area contributed by atoms with E-state index in [4.69, 9.17) is 14.2 Å². The molecule has 0 spiro atoms. The average molecular weight is 321 g/mol. The van der Waals surface area contributed by atoms with Crippen molar-refractivity contribution in [3.8, 4) is 0 Å². The lowest BCUT2D eigenvalue weighted by molar-refractivity contribution is -0.153. The summed E-state index contributed by atoms with van der Waals surface area (Å²) in [6.07, 6.45) is -2.90. The molecule has 0 aromatic heterocycles. The summed E-state index contributed by atoms with van der Waals surface area (Å²) in [5.41, 5.74) is 0.0673. The van der Waals surface area contributed by atoms with E-state index in [1.54, 1.807) is 32.9 Å². The molecule has 1 saturated heterocycles. The monoisotopic (exact) mass is 321 g/mol. The van der Waals surface area contributed by atoms with Gasteiger partial charge in [0.05, 0.1) is 6.54 Å². The lowest BCUT2D eigenvalue weighted by Crippen LogP contribution is -2.38. The number of hydrogen-bond acceptors (Lipinski definition) is 6. The number of cyclic esters (lactones) is 1. The minimum absolute atomic E-state index is 0.0696. The second-order valence-corrected chi connectivity index (χ2v) is 6.06. The molecule has 23 heavy (non-hydrogen) atoms. The van der Waals surface area contributed by atoms with Gasteiger partial charge in [-0.25, -0.2) is 19.3 Å². The third-order valence-electron chi connectivity index (χ3n) is 2.91. The Morgan fingerprint density at radius 2 is 1.91 bits per heavy atom. The molecule has 1 aliphatic rings. The Bertz CT molecular complexity index is 592. The molecule has 7 heteroatoms. The molecule has 2 amide bonds. The Hall–Kier alpha value is -2.57. The maximum atomic E-state index is 11.9. The fourth-order valence-corrected chi connectivity index (χ4v) is 1.87. The molecule has 7 nitrogen and oxygen atoms in total. The summed E-state index contributed by atoms with van der Waals surface area (Å²) in [6, 6.07) is 9.11. The Morgan fingerprint density at radius 1 is 1.26 bits per heavy atom. The fourth-order valence-electron chi connectivity index (χ4n) is 1.87. The van der Waals surface area contributed by atoms with E-state index in [9.17, 15) is 14.4 Å². The molecule has 1 heterocycles. The van der Waals surface area contributed by atoms with Crippen LogP contribution in [0.4, 0.5) is 9.59 Å². The van der Waals surface area contributed by atoms with E-state index in [0.717, 1.165) is 10.5 Å². The van der Waals surface area contributed by atoms with E-state index in [0.29, 0.717) is 0 Å². The van der Waals surface area contributed by atoms with Crippen molar-refractivity contribution < 1.29 is 28.6 Å². The van der Waals surface area contributed by atoms with Crippen LogP contribution in [0.1, 0.15) is 26.3 Å². The SMILES string of the molecule is CC(C)(C)OC(=O)N1C[C@@H](C(=O)OCc2ccccc2)OC1=O. The van der Waals surface area contributed by atoms with Crippen molar-refractivity contribution in [3.63, 3.8) is 0 Å². The highest BCUT2D eigenvalue weighted by molar-refractivity contribution is 5.92. The molecule has 0 bridgehead atoms. The quantitative estimate of drug-likeness (QED) is 0.628. The minimum Gasteiger partial charge on any atom is -0.458 e. The molecule has 1 aromatic carbocycles. The normalized spacial score (nSPS) is 17.6. The topological polar surface area (TPSA) is 82.1 Å². The molecule has 124 valence electrons. The van der Waals surface area contributed by atoms with E-state index in [2.05, 4.69) is 0 Å². The largest absolute Gasteiger partial charge is 0.458 e. The van der Waals surface area contributed by atoms with Gasteiger partial charge in [-0.3, -0.25) is 0 Å². The van der Waals surface area contributed by atoms with Crippen LogP contribution in [-0.2, 0) is 25.6 Å². The molecular formula is C16H19NO6. The summed E-state index contributed by atoms with van der Waals surface area (Å²) in [7, 11) is 0. The maximum Gasteiger partial charge on any atom is 0.420 e. The standard InChI is InChI=1S/C16H19NO6/c1-16(2,3)23-15(20)17-9-12(22-14(17)19)13(18)21-10-11-7-5-4-6-8-11/h4-8,12H,9-10H2,1-3H3/t12-/m0/s1. The summed E-state index contributed by atoms with van der Waals surface area (Å²) in [5.74, 6) is -0.701. The molecule has 1 aliphatic heterocycles. The van der Waals surface area contributed by atoms with Crippen LogP contribution in [0.3, 0.4) is 0 Å². The van der Waals surface area contributed by atoms with Crippen molar-refractivity contribution in [1.82, 2.24) is 4.90 Å². The highest BCUT2D eigenvalue weighted by atomic mass is 16.6. The van der Waals surface area contributed by atoms with Crippen molar-refractivity contribution >= 4 is 18.2 Å². The second kappa shape index (κ2) is 6.68. The Balaban J connectivity index is 1.89. The van der Waals surface area contributed by atoms with E-state index < -0.39 is 29.9 Å². The van der Waals surface area contributed by atoms with Gasteiger partial charge in [-0.1, -0.05) is 30.3 Å². The van der Waals surface area contributed by atoms with Gasteiger partial charge in [0.1, 0.15) is 12.2 Å². The third kappa shape index (κ3) is 4.70. The van der Waals surface area contributed by atoms with E-state index in [1.807, 2.05) is 18.2 Å². The van der Waals surface area contributed by atoms with Gasteiger partial charge >= 0.3 is 18.2 Å². The second-order valence-electron chi connectivity index (χ2n) is 6.06. The van der Waals surface area contributed by atoms with Crippen molar-refractivity contribution in [3.05, 3.63) is 35.9 Å². The number of amides is 2. The molecule has 0 N–H and O–H groups in total. The van der Waals surface area contributed by atoms with Gasteiger partial charge in [0.15, 0.2) is 0 Å². The molecule has 0 saturated carbocycles. The number of hydrogen-bond donors (Lipinski definition) is 0. The molecule has 1 fully saturated rings. The first-order chi connectivity index (χ1) is 10.8. The average Bonchev–Trinajstić information content (AvgIpc) is 2.86. The highest BCUT2D eigenvalue weighted by Gasteiger charge is 2.42. The summed E-state index contributed by atoms with van der Waals surface area (Å²) in [5, 5.41) is 0. The maximum absolute atomic E-state index is 11.9. The number of esters is 1. The van der Waals surface area contributed by atoms with Gasteiger partial charge in [0, 0.05) is 0 Å². The van der Waals surface area contributed by atoms with E-state index in [1.165, 1.54) is 0 Å². The molecule has 0 aliphatic carbocycles. The van der Waals surface area contributed by atoms with Crippen LogP contribution in [0.2, 0.25) is 0 Å². The van der Waals surface area contributed by atoms with Crippen LogP contribution < -0.4 is 0 Å². The molecule has 1 aromatic rings. The lowest BCUT2D eigenvalue weighted by Gasteiger charge is -2.21. The van der Waals surface area contributed by atoms with Gasteiger partial charge in [0.2, 0.25) is 6.10 Å². The number of nitrogens with zero attached hydrogens (tertiary/aromatic N) is 1. The third-order valence-corrected chi connectivity index (χ3v) is 2.91. The predicted molar refractivity (Wildman–Crippen MR) is 79.4 cm³/mol. The van der Waals surface area contributed by atoms with Crippen molar-refractivity contribution in [2.24, 2.45) is 0 Å². The number of imide groups is 1. The van der Waals surface area contributed by atoms with Gasteiger partial charge in [-0.05, 0) is 26.3 Å². The number of ether oxygens (including phenoxy) is 3. The van der Waals surface area contributed by atoms with Crippen LogP contribution in [0.25, 0.3) is 0 Å². The number of carbonyl (C=O) groups is 3. The van der Waals surface area contributed by atoms with Crippen LogP contribution in [-0.4, -0.2) is 41.3 Å². The van der Waals surface area contributed by atoms with Gasteiger partial charge in [0.25, 0.3) is 0 Å². The van der Waals surface area contributed by atoms with Crippen LogP contribution >= 0.6 is 0 Å². The fraction of sp³-hybridized carbons (Fsp3) is 0.438. The number of benzene rings is 1. The first kappa shape index (κ1) is 16.8. The summed E-state index contributed by atoms with van der Waals surface area (Å²) < 4.78 is 15.0. The molecular weight excluding hydrogens is 302 g/mol. The Morgan fingerprint density at radius 3 is 2.52 bits per heavy atom. The Labute approximate surface area is 134 Å². The zero-order valence-electron chi connectivity index (χ0n) is 13.3. The van der Waals surface area contributed by atoms with Crippen LogP contribution in [0, 0.1) is 0 Å². The van der Waals surface area contributed by atoms with Gasteiger partial charge < -0.3 is 14.2 Å². The summed E-state index contributed by atoms with van der Waals surface area (Å²) in [6.45, 7) is 4.88. The van der Waals surface area contributed by atoms with E-state index >= 15 is 0 Å². The van der Waals surface area contributed by atoms with Gasteiger partial charge in [-0.15, -0.1) is 0 Å². The Kier molecular flexibility index (Phi) is 4.88. The number of carbonyl (C=O) groups excluding carboxylic acids is 3. The lowest BCUT2D eigenvalue weighted by atomic mass is 10.2. The summed E-state index contributed by atoms with van der Waals surface area (Å²) >= 11 is 0. The highest BCUT2D eigenvalue weighted by Crippen LogP contribution is 2.17. The smallest absolute Gasteiger partial charge is 0.420 e. The summed E-state index contributed by atoms with van der Waals surface area (Å²) in [4.78, 5) is 36.2. The van der Waals surface area contributed by atoms with Crippen molar-refractivity contribution in [2.45, 2.75) is 39.1 Å². The number of rotatable bonds is 3. The van der Waals surface area contributed by atoms with Crippen molar-refractivity contribution in [2.75, 3.05) is 6.54 Å². The van der Waals surface area contributed by atoms with Gasteiger partial charge in [-0.2, -0.15) is 0 Å². The molecule has 1 atom stereocenters. The van der Waals surface area contributed by atoms with Crippen molar-refractivity contribution in [1.29, 1.82) is 0 Å². The molecule has 2 rings (SSSR count). The molecule has 0 radical (unpaired) electrons. The minimum atomic E-state index is -1.14. The molecule has 0 unspecified atom stereocenters. The van der Waals surface area contributed by atoms with Crippen LogP contribution in [0.15, 0.2) is 30.3 Å². The first-order valence-corrected chi connectivity index (χ1v) is 7.18. The predicted octanol–water partition coefficient (Wildman–Crippen LogP) is 2.49. The van der Waals surface area contributed by atoms with Crippen LogP contribution in [0.5, 0.6) is 0 Å². The zero-order valence-corrected chi connectivity index (χ0v) is 13.3.